The highest BCUT2D eigenvalue weighted by Crippen LogP contribution is 2.23. The Hall–Kier alpha value is -2.80. The van der Waals surface area contributed by atoms with Crippen molar-refractivity contribution in [2.45, 2.75) is 6.54 Å². The molecule has 2 rings (SSSR count). The molecular formula is C17H17N3O. The number of allylic oxidation sites excluding steroid dienone is 1. The van der Waals surface area contributed by atoms with Crippen molar-refractivity contribution in [2.75, 3.05) is 14.1 Å². The summed E-state index contributed by atoms with van der Waals surface area (Å²) in [7, 11) is 3.27. The zero-order valence-corrected chi connectivity index (χ0v) is 12.2. The van der Waals surface area contributed by atoms with Crippen molar-refractivity contribution in [1.82, 2.24) is 9.47 Å². The Morgan fingerprint density at radius 2 is 2.14 bits per heavy atom. The topological polar surface area (TPSA) is 49.0 Å². The van der Waals surface area contributed by atoms with Crippen LogP contribution in [0.25, 0.3) is 17.0 Å². The fourth-order valence-electron chi connectivity index (χ4n) is 2.22. The minimum Gasteiger partial charge on any atom is -0.344 e. The van der Waals surface area contributed by atoms with Gasteiger partial charge in [0.05, 0.1) is 0 Å². The second-order valence-corrected chi connectivity index (χ2v) is 4.91. The zero-order chi connectivity index (χ0) is 15.4. The summed E-state index contributed by atoms with van der Waals surface area (Å²) < 4.78 is 2.04. The van der Waals surface area contributed by atoms with Gasteiger partial charge in [-0.3, -0.25) is 4.79 Å². The highest BCUT2D eigenvalue weighted by atomic mass is 16.2. The van der Waals surface area contributed by atoms with Gasteiger partial charge in [-0.25, -0.2) is 0 Å². The molecule has 0 atom stereocenters. The lowest BCUT2D eigenvalue weighted by molar-refractivity contribution is -0.124. The molecule has 0 radical (unpaired) electrons. The van der Waals surface area contributed by atoms with Crippen molar-refractivity contribution in [3.63, 3.8) is 0 Å². The van der Waals surface area contributed by atoms with E-state index in [0.717, 1.165) is 16.5 Å². The molecule has 0 N–H and O–H groups in total. The normalized spacial score (nSPS) is 11.2. The number of amides is 1. The lowest BCUT2D eigenvalue weighted by Gasteiger charge is -2.08. The van der Waals surface area contributed by atoms with Crippen LogP contribution < -0.4 is 0 Å². The molecule has 1 heterocycles. The van der Waals surface area contributed by atoms with E-state index in [0.29, 0.717) is 6.54 Å². The molecule has 2 aromatic rings. The molecular weight excluding hydrogens is 262 g/mol. The van der Waals surface area contributed by atoms with Gasteiger partial charge in [0.1, 0.15) is 11.6 Å². The lowest BCUT2D eigenvalue weighted by Crippen LogP contribution is -2.22. The van der Waals surface area contributed by atoms with Crippen molar-refractivity contribution in [3.05, 3.63) is 54.3 Å². The molecule has 4 heteroatoms. The average Bonchev–Trinajstić information content (AvgIpc) is 2.83. The molecule has 21 heavy (non-hydrogen) atoms. The van der Waals surface area contributed by atoms with Crippen molar-refractivity contribution in [2.24, 2.45) is 0 Å². The summed E-state index contributed by atoms with van der Waals surface area (Å²) >= 11 is 0. The molecule has 106 valence electrons. The van der Waals surface area contributed by atoms with E-state index in [4.69, 9.17) is 0 Å². The summed E-state index contributed by atoms with van der Waals surface area (Å²) in [4.78, 5) is 13.4. The van der Waals surface area contributed by atoms with Gasteiger partial charge in [0.25, 0.3) is 5.91 Å². The summed E-state index contributed by atoms with van der Waals surface area (Å²) in [6.07, 6.45) is 5.40. The van der Waals surface area contributed by atoms with Gasteiger partial charge < -0.3 is 9.47 Å². The highest BCUT2D eigenvalue weighted by Gasteiger charge is 2.13. The SMILES string of the molecule is C=CCn1cc(/C=C(/C#N)C(=O)N(C)C)c2ccccc21. The Morgan fingerprint density at radius 1 is 1.43 bits per heavy atom. The summed E-state index contributed by atoms with van der Waals surface area (Å²) in [5.41, 5.74) is 2.04. The lowest BCUT2D eigenvalue weighted by atomic mass is 10.1. The Bertz CT molecular complexity index is 760. The standard InChI is InChI=1S/C17H17N3O/c1-4-9-20-12-14(15-7-5-6-8-16(15)20)10-13(11-18)17(21)19(2)3/h4-8,10,12H,1,9H2,2-3H3/b13-10-. The van der Waals surface area contributed by atoms with Crippen LogP contribution in [-0.4, -0.2) is 29.5 Å². The second kappa shape index (κ2) is 6.10. The van der Waals surface area contributed by atoms with E-state index in [1.54, 1.807) is 20.2 Å². The van der Waals surface area contributed by atoms with E-state index in [2.05, 4.69) is 6.58 Å². The van der Waals surface area contributed by atoms with Crippen LogP contribution in [0.1, 0.15) is 5.56 Å². The monoisotopic (exact) mass is 279 g/mol. The fraction of sp³-hybridized carbons (Fsp3) is 0.176. The number of rotatable bonds is 4. The van der Waals surface area contributed by atoms with Gasteiger partial charge in [-0.1, -0.05) is 24.3 Å². The number of fused-ring (bicyclic) bond motifs is 1. The van der Waals surface area contributed by atoms with Gasteiger partial charge in [-0.05, 0) is 12.1 Å². The third kappa shape index (κ3) is 2.87. The number of aromatic nitrogens is 1. The molecule has 1 aromatic carbocycles. The van der Waals surface area contributed by atoms with Crippen LogP contribution in [0.4, 0.5) is 0 Å². The van der Waals surface area contributed by atoms with Gasteiger partial charge in [0, 0.05) is 43.3 Å². The molecule has 0 aliphatic heterocycles. The molecule has 4 nitrogen and oxygen atoms in total. The maximum atomic E-state index is 12.0. The van der Waals surface area contributed by atoms with Crippen LogP contribution in [0.15, 0.2) is 48.7 Å². The van der Waals surface area contributed by atoms with Gasteiger partial charge in [-0.2, -0.15) is 5.26 Å². The molecule has 1 amide bonds. The predicted octanol–water partition coefficient (Wildman–Crippen LogP) is 2.82. The molecule has 1 aromatic heterocycles. The van der Waals surface area contributed by atoms with Crippen LogP contribution in [0.5, 0.6) is 0 Å². The minimum absolute atomic E-state index is 0.126. The van der Waals surface area contributed by atoms with Crippen LogP contribution in [0.2, 0.25) is 0 Å². The quantitative estimate of drug-likeness (QED) is 0.491. The van der Waals surface area contributed by atoms with E-state index in [9.17, 15) is 10.1 Å². The van der Waals surface area contributed by atoms with Crippen LogP contribution in [0.3, 0.4) is 0 Å². The van der Waals surface area contributed by atoms with Crippen molar-refractivity contribution in [3.8, 4) is 6.07 Å². The van der Waals surface area contributed by atoms with E-state index < -0.39 is 0 Å². The van der Waals surface area contributed by atoms with Crippen LogP contribution >= 0.6 is 0 Å². The summed E-state index contributed by atoms with van der Waals surface area (Å²) in [5.74, 6) is -0.293. The molecule has 0 saturated heterocycles. The number of carbonyl (C=O) groups excluding carboxylic acids is 1. The zero-order valence-electron chi connectivity index (χ0n) is 12.2. The van der Waals surface area contributed by atoms with E-state index >= 15 is 0 Å². The number of nitrogens with zero attached hydrogens (tertiary/aromatic N) is 3. The first-order valence-corrected chi connectivity index (χ1v) is 6.60. The summed E-state index contributed by atoms with van der Waals surface area (Å²) in [6, 6.07) is 9.88. The number of benzene rings is 1. The molecule has 0 aliphatic rings. The maximum Gasteiger partial charge on any atom is 0.264 e. The van der Waals surface area contributed by atoms with Gasteiger partial charge in [0.2, 0.25) is 0 Å². The number of hydrogen-bond acceptors (Lipinski definition) is 2. The number of likely N-dealkylation sites (N-methyl/N-ethyl adjacent to an activating group) is 1. The first kappa shape index (κ1) is 14.6. The molecule has 0 aliphatic carbocycles. The van der Waals surface area contributed by atoms with Crippen molar-refractivity contribution in [1.29, 1.82) is 5.26 Å². The van der Waals surface area contributed by atoms with Crippen molar-refractivity contribution >= 4 is 22.9 Å². The first-order chi connectivity index (χ1) is 10.1. The van der Waals surface area contributed by atoms with E-state index in [-0.39, 0.29) is 11.5 Å². The average molecular weight is 279 g/mol. The number of carbonyl (C=O) groups is 1. The Balaban J connectivity index is 2.59. The second-order valence-electron chi connectivity index (χ2n) is 4.91. The largest absolute Gasteiger partial charge is 0.344 e. The predicted molar refractivity (Wildman–Crippen MR) is 84.4 cm³/mol. The maximum absolute atomic E-state index is 12.0. The molecule has 0 bridgehead atoms. The molecule has 0 spiro atoms. The highest BCUT2D eigenvalue weighted by molar-refractivity contribution is 6.03. The number of para-hydroxylation sites is 1. The van der Waals surface area contributed by atoms with E-state index in [1.807, 2.05) is 47.2 Å². The summed E-state index contributed by atoms with van der Waals surface area (Å²) in [6.45, 7) is 4.43. The van der Waals surface area contributed by atoms with Crippen molar-refractivity contribution < 1.29 is 4.79 Å². The van der Waals surface area contributed by atoms with Gasteiger partial charge in [0.15, 0.2) is 0 Å². The Morgan fingerprint density at radius 3 is 2.76 bits per heavy atom. The van der Waals surface area contributed by atoms with Crippen LogP contribution in [-0.2, 0) is 11.3 Å². The summed E-state index contributed by atoms with van der Waals surface area (Å²) in [5, 5.41) is 10.2. The van der Waals surface area contributed by atoms with Crippen LogP contribution in [0, 0.1) is 11.3 Å². The molecule has 0 saturated carbocycles. The Labute approximate surface area is 124 Å². The van der Waals surface area contributed by atoms with Gasteiger partial charge in [-0.15, -0.1) is 6.58 Å². The van der Waals surface area contributed by atoms with E-state index in [1.165, 1.54) is 4.90 Å². The van der Waals surface area contributed by atoms with Gasteiger partial charge >= 0.3 is 0 Å². The third-order valence-electron chi connectivity index (χ3n) is 3.20. The number of hydrogen-bond donors (Lipinski definition) is 0. The minimum atomic E-state index is -0.293. The fourth-order valence-corrected chi connectivity index (χ4v) is 2.22. The smallest absolute Gasteiger partial charge is 0.264 e. The molecule has 0 unspecified atom stereocenters. The first-order valence-electron chi connectivity index (χ1n) is 6.60. The Kier molecular flexibility index (Phi) is 4.24. The third-order valence-corrected chi connectivity index (χ3v) is 3.20. The number of nitriles is 1. The molecule has 0 fully saturated rings.